The van der Waals surface area contributed by atoms with Crippen molar-refractivity contribution in [2.24, 2.45) is 0 Å². The lowest BCUT2D eigenvalue weighted by atomic mass is 10.2. The minimum atomic E-state index is 0.0919. The standard InChI is InChI=1S/C14H19N3O2/c1-9-3-12(5-15-9)19-13-4-11-7-17(10(2)18)8-14(11)16-6-13/h4,6,9,12,15H,3,5,7-8H2,1-2H3/t9-,12+/m0/s1. The van der Waals surface area contributed by atoms with E-state index >= 15 is 0 Å². The molecule has 0 bridgehead atoms. The van der Waals surface area contributed by atoms with Crippen molar-refractivity contribution in [3.05, 3.63) is 23.5 Å². The van der Waals surface area contributed by atoms with Gasteiger partial charge >= 0.3 is 0 Å². The number of nitrogens with zero attached hydrogens (tertiary/aromatic N) is 2. The van der Waals surface area contributed by atoms with E-state index in [0.717, 1.165) is 30.0 Å². The van der Waals surface area contributed by atoms with E-state index in [0.29, 0.717) is 19.1 Å². The topological polar surface area (TPSA) is 54.5 Å². The highest BCUT2D eigenvalue weighted by atomic mass is 16.5. The highest BCUT2D eigenvalue weighted by Crippen LogP contribution is 2.25. The molecule has 102 valence electrons. The quantitative estimate of drug-likeness (QED) is 0.865. The third-order valence-electron chi connectivity index (χ3n) is 3.80. The van der Waals surface area contributed by atoms with Crippen LogP contribution < -0.4 is 10.1 Å². The van der Waals surface area contributed by atoms with E-state index in [1.54, 1.807) is 18.0 Å². The van der Waals surface area contributed by atoms with Crippen LogP contribution in [0.15, 0.2) is 12.3 Å². The molecule has 0 saturated carbocycles. The number of hydrogen-bond donors (Lipinski definition) is 1. The average Bonchev–Trinajstić information content (AvgIpc) is 2.95. The van der Waals surface area contributed by atoms with Gasteiger partial charge in [-0.15, -0.1) is 0 Å². The van der Waals surface area contributed by atoms with Gasteiger partial charge in [-0.2, -0.15) is 0 Å². The minimum absolute atomic E-state index is 0.0919. The summed E-state index contributed by atoms with van der Waals surface area (Å²) in [6.45, 7) is 5.91. The van der Waals surface area contributed by atoms with E-state index in [9.17, 15) is 4.79 Å². The first kappa shape index (κ1) is 12.4. The van der Waals surface area contributed by atoms with Crippen LogP contribution in [-0.2, 0) is 17.9 Å². The fourth-order valence-corrected chi connectivity index (χ4v) is 2.70. The molecule has 2 aliphatic heterocycles. The second kappa shape index (κ2) is 4.81. The van der Waals surface area contributed by atoms with Crippen LogP contribution in [0.4, 0.5) is 0 Å². The van der Waals surface area contributed by atoms with Gasteiger partial charge < -0.3 is 15.0 Å². The largest absolute Gasteiger partial charge is 0.487 e. The number of pyridine rings is 1. The maximum atomic E-state index is 11.4. The summed E-state index contributed by atoms with van der Waals surface area (Å²) in [6.07, 6.45) is 3.02. The van der Waals surface area contributed by atoms with Crippen LogP contribution in [0.25, 0.3) is 0 Å². The Bertz CT molecular complexity index is 503. The molecule has 0 spiro atoms. The summed E-state index contributed by atoms with van der Waals surface area (Å²) in [6, 6.07) is 2.54. The number of rotatable bonds is 2. The Balaban J connectivity index is 1.70. The van der Waals surface area contributed by atoms with Gasteiger partial charge in [0, 0.05) is 32.5 Å². The summed E-state index contributed by atoms with van der Waals surface area (Å²) in [4.78, 5) is 17.6. The van der Waals surface area contributed by atoms with Crippen molar-refractivity contribution in [3.63, 3.8) is 0 Å². The molecule has 2 aliphatic rings. The smallest absolute Gasteiger partial charge is 0.220 e. The van der Waals surface area contributed by atoms with Crippen molar-refractivity contribution in [1.82, 2.24) is 15.2 Å². The Kier molecular flexibility index (Phi) is 3.14. The summed E-state index contributed by atoms with van der Waals surface area (Å²) in [5.41, 5.74) is 2.09. The van der Waals surface area contributed by atoms with Gasteiger partial charge in [0.2, 0.25) is 5.91 Å². The molecule has 0 radical (unpaired) electrons. The van der Waals surface area contributed by atoms with Gasteiger partial charge in [-0.25, -0.2) is 0 Å². The van der Waals surface area contributed by atoms with Crippen LogP contribution in [0.1, 0.15) is 31.5 Å². The molecule has 1 aromatic rings. The fourth-order valence-electron chi connectivity index (χ4n) is 2.70. The summed E-state index contributed by atoms with van der Waals surface area (Å²) >= 11 is 0. The van der Waals surface area contributed by atoms with Crippen LogP contribution >= 0.6 is 0 Å². The number of aromatic nitrogens is 1. The normalized spacial score (nSPS) is 25.5. The predicted octanol–water partition coefficient (Wildman–Crippen LogP) is 1.07. The molecule has 1 aromatic heterocycles. The molecule has 3 heterocycles. The first-order chi connectivity index (χ1) is 9.11. The molecular formula is C14H19N3O2. The van der Waals surface area contributed by atoms with Crippen LogP contribution in [-0.4, -0.2) is 34.5 Å². The van der Waals surface area contributed by atoms with Crippen LogP contribution in [0, 0.1) is 0 Å². The third-order valence-corrected chi connectivity index (χ3v) is 3.80. The monoisotopic (exact) mass is 261 g/mol. The Morgan fingerprint density at radius 3 is 3.05 bits per heavy atom. The molecule has 1 fully saturated rings. The number of ether oxygens (including phenoxy) is 1. The minimum Gasteiger partial charge on any atom is -0.487 e. The van der Waals surface area contributed by atoms with Gasteiger partial charge in [0.25, 0.3) is 0 Å². The fraction of sp³-hybridized carbons (Fsp3) is 0.571. The molecule has 1 saturated heterocycles. The predicted molar refractivity (Wildman–Crippen MR) is 70.7 cm³/mol. The zero-order valence-corrected chi connectivity index (χ0v) is 11.3. The van der Waals surface area contributed by atoms with Gasteiger partial charge in [0.1, 0.15) is 11.9 Å². The second-order valence-electron chi connectivity index (χ2n) is 5.44. The Morgan fingerprint density at radius 1 is 1.53 bits per heavy atom. The van der Waals surface area contributed by atoms with E-state index in [-0.39, 0.29) is 12.0 Å². The highest BCUT2D eigenvalue weighted by molar-refractivity contribution is 5.74. The van der Waals surface area contributed by atoms with Crippen molar-refractivity contribution in [1.29, 1.82) is 0 Å². The maximum Gasteiger partial charge on any atom is 0.220 e. The molecular weight excluding hydrogens is 242 g/mol. The molecule has 3 rings (SSSR count). The molecule has 0 unspecified atom stereocenters. The first-order valence-electron chi connectivity index (χ1n) is 6.75. The molecule has 5 heteroatoms. The number of nitrogens with one attached hydrogen (secondary N) is 1. The second-order valence-corrected chi connectivity index (χ2v) is 5.44. The Hall–Kier alpha value is -1.62. The SMILES string of the molecule is CC(=O)N1Cc2cc(O[C@H]3CN[C@@H](C)C3)cnc2C1. The zero-order valence-electron chi connectivity index (χ0n) is 11.3. The van der Waals surface area contributed by atoms with Gasteiger partial charge in [-0.3, -0.25) is 9.78 Å². The van der Waals surface area contributed by atoms with E-state index < -0.39 is 0 Å². The maximum absolute atomic E-state index is 11.4. The van der Waals surface area contributed by atoms with E-state index in [2.05, 4.69) is 17.2 Å². The summed E-state index contributed by atoms with van der Waals surface area (Å²) in [5.74, 6) is 0.902. The number of fused-ring (bicyclic) bond motifs is 1. The molecule has 1 amide bonds. The average molecular weight is 261 g/mol. The van der Waals surface area contributed by atoms with Gasteiger partial charge in [-0.1, -0.05) is 0 Å². The number of amides is 1. The molecule has 1 N–H and O–H groups in total. The number of hydrogen-bond acceptors (Lipinski definition) is 4. The first-order valence-corrected chi connectivity index (χ1v) is 6.75. The van der Waals surface area contributed by atoms with E-state index in [1.807, 2.05) is 6.07 Å². The van der Waals surface area contributed by atoms with Crippen LogP contribution in [0.5, 0.6) is 5.75 Å². The van der Waals surface area contributed by atoms with E-state index in [1.165, 1.54) is 0 Å². The molecule has 2 atom stereocenters. The van der Waals surface area contributed by atoms with Crippen molar-refractivity contribution >= 4 is 5.91 Å². The van der Waals surface area contributed by atoms with Gasteiger partial charge in [-0.05, 0) is 18.6 Å². The lowest BCUT2D eigenvalue weighted by molar-refractivity contribution is -0.129. The number of carbonyl (C=O) groups is 1. The zero-order chi connectivity index (χ0) is 13.4. The molecule has 5 nitrogen and oxygen atoms in total. The van der Waals surface area contributed by atoms with Crippen LogP contribution in [0.3, 0.4) is 0 Å². The van der Waals surface area contributed by atoms with Crippen molar-refractivity contribution < 1.29 is 9.53 Å². The summed E-state index contributed by atoms with van der Waals surface area (Å²) in [5, 5.41) is 3.37. The molecule has 0 aliphatic carbocycles. The Morgan fingerprint density at radius 2 is 2.37 bits per heavy atom. The summed E-state index contributed by atoms with van der Waals surface area (Å²) < 4.78 is 5.94. The molecule has 19 heavy (non-hydrogen) atoms. The summed E-state index contributed by atoms with van der Waals surface area (Å²) in [7, 11) is 0. The lowest BCUT2D eigenvalue weighted by Crippen LogP contribution is -2.21. The lowest BCUT2D eigenvalue weighted by Gasteiger charge is -2.13. The third kappa shape index (κ3) is 2.56. The van der Waals surface area contributed by atoms with Crippen molar-refractivity contribution in [3.8, 4) is 5.75 Å². The Labute approximate surface area is 113 Å². The van der Waals surface area contributed by atoms with Crippen LogP contribution in [0.2, 0.25) is 0 Å². The molecule has 0 aromatic carbocycles. The highest BCUT2D eigenvalue weighted by Gasteiger charge is 2.25. The van der Waals surface area contributed by atoms with Crippen molar-refractivity contribution in [2.45, 2.75) is 45.5 Å². The number of carbonyl (C=O) groups excluding carboxylic acids is 1. The van der Waals surface area contributed by atoms with E-state index in [4.69, 9.17) is 4.74 Å². The van der Waals surface area contributed by atoms with Crippen molar-refractivity contribution in [2.75, 3.05) is 6.54 Å². The van der Waals surface area contributed by atoms with Gasteiger partial charge in [0.15, 0.2) is 0 Å². The van der Waals surface area contributed by atoms with Gasteiger partial charge in [0.05, 0.1) is 18.4 Å².